The van der Waals surface area contributed by atoms with E-state index in [4.69, 9.17) is 4.74 Å². The van der Waals surface area contributed by atoms with E-state index in [1.165, 1.54) is 4.31 Å². The van der Waals surface area contributed by atoms with Crippen molar-refractivity contribution in [2.75, 3.05) is 32.8 Å². The molecule has 6 nitrogen and oxygen atoms in total. The summed E-state index contributed by atoms with van der Waals surface area (Å²) in [5, 5.41) is 9.76. The van der Waals surface area contributed by atoms with E-state index in [9.17, 15) is 13.5 Å². The van der Waals surface area contributed by atoms with Gasteiger partial charge < -0.3 is 9.84 Å². The molecule has 1 aliphatic rings. The molecule has 2 aromatic carbocycles. The van der Waals surface area contributed by atoms with Crippen LogP contribution in [0.3, 0.4) is 0 Å². The van der Waals surface area contributed by atoms with Gasteiger partial charge in [0, 0.05) is 25.7 Å². The average molecular weight is 405 g/mol. The van der Waals surface area contributed by atoms with Gasteiger partial charge in [-0.2, -0.15) is 4.31 Å². The Morgan fingerprint density at radius 3 is 2.54 bits per heavy atom. The highest BCUT2D eigenvalue weighted by Gasteiger charge is 2.26. The molecule has 1 heterocycles. The quantitative estimate of drug-likeness (QED) is 0.768. The largest absolute Gasteiger partial charge is 0.508 e. The molecule has 7 heteroatoms. The summed E-state index contributed by atoms with van der Waals surface area (Å²) in [6, 6.07) is 14.5. The van der Waals surface area contributed by atoms with Gasteiger partial charge in [0.2, 0.25) is 10.0 Å². The van der Waals surface area contributed by atoms with Crippen LogP contribution >= 0.6 is 0 Å². The van der Waals surface area contributed by atoms with Crippen molar-refractivity contribution < 1.29 is 18.3 Å². The number of phenolic OH excluding ortho intramolecular Hbond substituents is 1. The SMILES string of the molecule is CCN(Cc1cccc(S(=O)(=O)N2CCOCC2)c1)C(C)c1cccc(O)c1. The Bertz CT molecular complexity index is 895. The van der Waals surface area contributed by atoms with E-state index in [0.717, 1.165) is 17.7 Å². The van der Waals surface area contributed by atoms with E-state index >= 15 is 0 Å². The Kier molecular flexibility index (Phi) is 6.72. The van der Waals surface area contributed by atoms with E-state index in [1.54, 1.807) is 30.3 Å². The summed E-state index contributed by atoms with van der Waals surface area (Å²) < 4.78 is 32.6. The van der Waals surface area contributed by atoms with Crippen molar-refractivity contribution in [1.29, 1.82) is 0 Å². The molecule has 2 aromatic rings. The molecule has 152 valence electrons. The third-order valence-corrected chi connectivity index (χ3v) is 7.09. The molecule has 1 unspecified atom stereocenters. The molecular formula is C21H28N2O4S. The Morgan fingerprint density at radius 1 is 1.14 bits per heavy atom. The second-order valence-electron chi connectivity index (χ2n) is 7.00. The first kappa shape index (κ1) is 20.8. The normalized spacial score (nSPS) is 17.0. The monoisotopic (exact) mass is 404 g/mol. The number of morpholine rings is 1. The van der Waals surface area contributed by atoms with E-state index in [1.807, 2.05) is 18.2 Å². The lowest BCUT2D eigenvalue weighted by Gasteiger charge is -2.29. The number of benzene rings is 2. The van der Waals surface area contributed by atoms with Crippen molar-refractivity contribution in [2.45, 2.75) is 31.3 Å². The summed E-state index contributed by atoms with van der Waals surface area (Å²) in [7, 11) is -3.50. The van der Waals surface area contributed by atoms with Gasteiger partial charge in [0.1, 0.15) is 5.75 Å². The van der Waals surface area contributed by atoms with Gasteiger partial charge in [0.05, 0.1) is 18.1 Å². The smallest absolute Gasteiger partial charge is 0.243 e. The van der Waals surface area contributed by atoms with Crippen molar-refractivity contribution >= 4 is 10.0 Å². The molecule has 28 heavy (non-hydrogen) atoms. The summed E-state index contributed by atoms with van der Waals surface area (Å²) in [6.45, 7) is 7.25. The van der Waals surface area contributed by atoms with Crippen LogP contribution < -0.4 is 0 Å². The van der Waals surface area contributed by atoms with Crippen molar-refractivity contribution in [3.8, 4) is 5.75 Å². The van der Waals surface area contributed by atoms with Gasteiger partial charge in [-0.3, -0.25) is 4.90 Å². The average Bonchev–Trinajstić information content (AvgIpc) is 2.72. The molecular weight excluding hydrogens is 376 g/mol. The van der Waals surface area contributed by atoms with Gasteiger partial charge in [-0.15, -0.1) is 0 Å². The Balaban J connectivity index is 1.79. The third-order valence-electron chi connectivity index (χ3n) is 5.20. The first-order valence-electron chi connectivity index (χ1n) is 9.61. The van der Waals surface area contributed by atoms with Crippen LogP contribution in [-0.2, 0) is 21.3 Å². The number of nitrogens with zero attached hydrogens (tertiary/aromatic N) is 2. The second-order valence-corrected chi connectivity index (χ2v) is 8.94. The minimum absolute atomic E-state index is 0.0941. The number of ether oxygens (including phenoxy) is 1. The van der Waals surface area contributed by atoms with Crippen LogP contribution in [0.15, 0.2) is 53.4 Å². The van der Waals surface area contributed by atoms with Gasteiger partial charge in [0.15, 0.2) is 0 Å². The standard InChI is InChI=1S/C21H28N2O4S/c1-3-22(17(2)19-7-5-8-20(24)15-19)16-18-6-4-9-21(14-18)28(25,26)23-10-12-27-13-11-23/h4-9,14-15,17,24H,3,10-13,16H2,1-2H3. The van der Waals surface area contributed by atoms with Crippen molar-refractivity contribution in [3.63, 3.8) is 0 Å². The second kappa shape index (κ2) is 9.05. The predicted molar refractivity (Wildman–Crippen MR) is 109 cm³/mol. The molecule has 0 amide bonds. The fraction of sp³-hybridized carbons (Fsp3) is 0.429. The Morgan fingerprint density at radius 2 is 1.86 bits per heavy atom. The van der Waals surface area contributed by atoms with Crippen LogP contribution in [0.1, 0.15) is 31.0 Å². The minimum atomic E-state index is -3.50. The molecule has 0 spiro atoms. The topological polar surface area (TPSA) is 70.1 Å². The lowest BCUT2D eigenvalue weighted by Crippen LogP contribution is -2.40. The summed E-state index contributed by atoms with van der Waals surface area (Å²) >= 11 is 0. The first-order chi connectivity index (χ1) is 13.4. The van der Waals surface area contributed by atoms with Crippen molar-refractivity contribution in [2.24, 2.45) is 0 Å². The van der Waals surface area contributed by atoms with Crippen LogP contribution in [0.5, 0.6) is 5.75 Å². The molecule has 0 aromatic heterocycles. The number of hydrogen-bond acceptors (Lipinski definition) is 5. The molecule has 0 bridgehead atoms. The van der Waals surface area contributed by atoms with Gasteiger partial charge >= 0.3 is 0 Å². The van der Waals surface area contributed by atoms with Crippen LogP contribution in [-0.4, -0.2) is 55.6 Å². The van der Waals surface area contributed by atoms with Crippen LogP contribution in [0.25, 0.3) is 0 Å². The highest BCUT2D eigenvalue weighted by atomic mass is 32.2. The zero-order valence-corrected chi connectivity index (χ0v) is 17.2. The van der Waals surface area contributed by atoms with Gasteiger partial charge in [0.25, 0.3) is 0 Å². The van der Waals surface area contributed by atoms with Gasteiger partial charge in [-0.25, -0.2) is 8.42 Å². The van der Waals surface area contributed by atoms with E-state index in [0.29, 0.717) is 37.7 Å². The first-order valence-corrected chi connectivity index (χ1v) is 11.1. The van der Waals surface area contributed by atoms with Crippen LogP contribution in [0, 0.1) is 0 Å². The Labute approximate surface area is 167 Å². The van der Waals surface area contributed by atoms with Gasteiger partial charge in [-0.1, -0.05) is 31.2 Å². The number of phenols is 1. The number of aromatic hydroxyl groups is 1. The summed E-state index contributed by atoms with van der Waals surface area (Å²) in [4.78, 5) is 2.57. The molecule has 0 aliphatic carbocycles. The molecule has 0 saturated carbocycles. The molecule has 1 fully saturated rings. The third kappa shape index (κ3) is 4.72. The van der Waals surface area contributed by atoms with Crippen molar-refractivity contribution in [1.82, 2.24) is 9.21 Å². The maximum atomic E-state index is 12.9. The fourth-order valence-electron chi connectivity index (χ4n) is 3.49. The van der Waals surface area contributed by atoms with E-state index < -0.39 is 10.0 Å². The molecule has 1 N–H and O–H groups in total. The summed E-state index contributed by atoms with van der Waals surface area (Å²) in [5.41, 5.74) is 1.97. The van der Waals surface area contributed by atoms with Crippen LogP contribution in [0.4, 0.5) is 0 Å². The maximum Gasteiger partial charge on any atom is 0.243 e. The number of rotatable bonds is 7. The maximum absolute atomic E-state index is 12.9. The van der Waals surface area contributed by atoms with Crippen LogP contribution in [0.2, 0.25) is 0 Å². The van der Waals surface area contributed by atoms with Crippen molar-refractivity contribution in [3.05, 3.63) is 59.7 Å². The number of hydrogen-bond donors (Lipinski definition) is 1. The highest BCUT2D eigenvalue weighted by molar-refractivity contribution is 7.89. The highest BCUT2D eigenvalue weighted by Crippen LogP contribution is 2.26. The Hall–Kier alpha value is -1.93. The lowest BCUT2D eigenvalue weighted by molar-refractivity contribution is 0.0730. The molecule has 0 radical (unpaired) electrons. The zero-order chi connectivity index (χ0) is 20.1. The number of sulfonamides is 1. The minimum Gasteiger partial charge on any atom is -0.508 e. The van der Waals surface area contributed by atoms with Gasteiger partial charge in [-0.05, 0) is 48.9 Å². The zero-order valence-electron chi connectivity index (χ0n) is 16.4. The lowest BCUT2D eigenvalue weighted by atomic mass is 10.1. The molecule has 1 atom stereocenters. The summed E-state index contributed by atoms with van der Waals surface area (Å²) in [5.74, 6) is 0.249. The predicted octanol–water partition coefficient (Wildman–Crippen LogP) is 3.00. The molecule has 1 saturated heterocycles. The summed E-state index contributed by atoms with van der Waals surface area (Å²) in [6.07, 6.45) is 0. The van der Waals surface area contributed by atoms with E-state index in [2.05, 4.69) is 18.7 Å². The van der Waals surface area contributed by atoms with E-state index in [-0.39, 0.29) is 11.8 Å². The fourth-order valence-corrected chi connectivity index (χ4v) is 4.97. The molecule has 1 aliphatic heterocycles. The molecule has 3 rings (SSSR count).